The highest BCUT2D eigenvalue weighted by Gasteiger charge is 2.12. The van der Waals surface area contributed by atoms with Crippen LogP contribution in [0.5, 0.6) is 0 Å². The Labute approximate surface area is 126 Å². The van der Waals surface area contributed by atoms with Crippen molar-refractivity contribution in [2.75, 3.05) is 6.54 Å². The molecule has 0 aliphatic rings. The van der Waals surface area contributed by atoms with Gasteiger partial charge in [-0.25, -0.2) is 4.98 Å². The molecule has 0 saturated heterocycles. The summed E-state index contributed by atoms with van der Waals surface area (Å²) >= 11 is 1.75. The Morgan fingerprint density at radius 3 is 2.75 bits per heavy atom. The van der Waals surface area contributed by atoms with E-state index in [2.05, 4.69) is 62.3 Å². The minimum absolute atomic E-state index is 0.321. The summed E-state index contributed by atoms with van der Waals surface area (Å²) in [7, 11) is 0. The summed E-state index contributed by atoms with van der Waals surface area (Å²) in [6.07, 6.45) is 1.87. The topological polar surface area (TPSA) is 24.9 Å². The maximum absolute atomic E-state index is 4.56. The van der Waals surface area contributed by atoms with Gasteiger partial charge in [0.25, 0.3) is 0 Å². The summed E-state index contributed by atoms with van der Waals surface area (Å²) in [5.41, 5.74) is 3.87. The zero-order chi connectivity index (χ0) is 14.5. The highest BCUT2D eigenvalue weighted by Crippen LogP contribution is 2.33. The highest BCUT2D eigenvalue weighted by atomic mass is 32.2. The zero-order valence-corrected chi connectivity index (χ0v) is 13.4. The Kier molecular flexibility index (Phi) is 5.21. The SMILES string of the molecule is CCNC(C)c1cccnc1Sc1ccc(C)cc1C. The fraction of sp³-hybridized carbons (Fsp3) is 0.353. The van der Waals surface area contributed by atoms with Gasteiger partial charge in [-0.1, -0.05) is 42.4 Å². The number of aromatic nitrogens is 1. The third-order valence-electron chi connectivity index (χ3n) is 3.31. The quantitative estimate of drug-likeness (QED) is 0.874. The molecule has 1 heterocycles. The number of benzene rings is 1. The minimum Gasteiger partial charge on any atom is -0.310 e. The van der Waals surface area contributed by atoms with Crippen LogP contribution in [0.15, 0.2) is 46.5 Å². The molecule has 2 nitrogen and oxygen atoms in total. The highest BCUT2D eigenvalue weighted by molar-refractivity contribution is 7.99. The van der Waals surface area contributed by atoms with Crippen LogP contribution in [0.3, 0.4) is 0 Å². The number of nitrogens with one attached hydrogen (secondary N) is 1. The standard InChI is InChI=1S/C17H22N2S/c1-5-18-14(4)15-7-6-10-19-17(15)20-16-9-8-12(2)11-13(16)3/h6-11,14,18H,5H2,1-4H3. The smallest absolute Gasteiger partial charge is 0.105 e. The Morgan fingerprint density at radius 1 is 1.25 bits per heavy atom. The van der Waals surface area contributed by atoms with E-state index in [9.17, 15) is 0 Å². The van der Waals surface area contributed by atoms with Crippen LogP contribution in [-0.2, 0) is 0 Å². The third-order valence-corrected chi connectivity index (χ3v) is 4.53. The number of hydrogen-bond acceptors (Lipinski definition) is 3. The molecular formula is C17H22N2S. The predicted octanol–water partition coefficient (Wildman–Crippen LogP) is 4.52. The summed E-state index contributed by atoms with van der Waals surface area (Å²) in [6.45, 7) is 9.56. The van der Waals surface area contributed by atoms with Crippen molar-refractivity contribution in [3.8, 4) is 0 Å². The van der Waals surface area contributed by atoms with Gasteiger partial charge in [0.1, 0.15) is 5.03 Å². The normalized spacial score (nSPS) is 12.4. The first-order chi connectivity index (χ1) is 9.61. The minimum atomic E-state index is 0.321. The molecule has 1 N–H and O–H groups in total. The largest absolute Gasteiger partial charge is 0.310 e. The molecule has 0 amide bonds. The van der Waals surface area contributed by atoms with Crippen LogP contribution in [0.2, 0.25) is 0 Å². The maximum Gasteiger partial charge on any atom is 0.105 e. The van der Waals surface area contributed by atoms with Gasteiger partial charge >= 0.3 is 0 Å². The van der Waals surface area contributed by atoms with Crippen LogP contribution < -0.4 is 5.32 Å². The third kappa shape index (κ3) is 3.62. The van der Waals surface area contributed by atoms with E-state index in [1.54, 1.807) is 11.8 Å². The van der Waals surface area contributed by atoms with E-state index < -0.39 is 0 Å². The van der Waals surface area contributed by atoms with Crippen LogP contribution in [0, 0.1) is 13.8 Å². The second-order valence-electron chi connectivity index (χ2n) is 5.05. The molecule has 0 aliphatic heterocycles. The monoisotopic (exact) mass is 286 g/mol. The van der Waals surface area contributed by atoms with E-state index in [0.717, 1.165) is 11.6 Å². The van der Waals surface area contributed by atoms with Gasteiger partial charge in [0.15, 0.2) is 0 Å². The Bertz CT molecular complexity index is 581. The molecule has 0 aliphatic carbocycles. The van der Waals surface area contributed by atoms with Crippen LogP contribution in [0.25, 0.3) is 0 Å². The zero-order valence-electron chi connectivity index (χ0n) is 12.6. The molecule has 0 spiro atoms. The number of rotatable bonds is 5. The van der Waals surface area contributed by atoms with Crippen molar-refractivity contribution >= 4 is 11.8 Å². The summed E-state index contributed by atoms with van der Waals surface area (Å²) in [5, 5.41) is 4.55. The van der Waals surface area contributed by atoms with E-state index in [0.29, 0.717) is 6.04 Å². The molecule has 3 heteroatoms. The molecule has 0 bridgehead atoms. The second-order valence-corrected chi connectivity index (χ2v) is 6.08. The predicted molar refractivity (Wildman–Crippen MR) is 86.4 cm³/mol. The first kappa shape index (κ1) is 15.1. The number of hydrogen-bond donors (Lipinski definition) is 1. The summed E-state index contributed by atoms with van der Waals surface area (Å²) in [5.74, 6) is 0. The molecule has 106 valence electrons. The lowest BCUT2D eigenvalue weighted by molar-refractivity contribution is 0.585. The van der Waals surface area contributed by atoms with E-state index in [1.807, 2.05) is 12.3 Å². The number of aryl methyl sites for hydroxylation is 2. The van der Waals surface area contributed by atoms with Crippen molar-refractivity contribution in [1.29, 1.82) is 0 Å². The van der Waals surface area contributed by atoms with Crippen molar-refractivity contribution in [2.24, 2.45) is 0 Å². The lowest BCUT2D eigenvalue weighted by Crippen LogP contribution is -2.18. The second kappa shape index (κ2) is 6.91. The number of pyridine rings is 1. The van der Waals surface area contributed by atoms with Gasteiger partial charge < -0.3 is 5.32 Å². The molecule has 1 aromatic carbocycles. The van der Waals surface area contributed by atoms with Crippen LogP contribution in [0.4, 0.5) is 0 Å². The molecule has 0 fully saturated rings. The summed E-state index contributed by atoms with van der Waals surface area (Å²) < 4.78 is 0. The van der Waals surface area contributed by atoms with Crippen LogP contribution in [-0.4, -0.2) is 11.5 Å². The molecule has 0 radical (unpaired) electrons. The van der Waals surface area contributed by atoms with Crippen molar-refractivity contribution in [3.05, 3.63) is 53.2 Å². The molecule has 1 unspecified atom stereocenters. The molecule has 1 aromatic heterocycles. The van der Waals surface area contributed by atoms with Gasteiger partial charge in [0.05, 0.1) is 0 Å². The Balaban J connectivity index is 2.29. The van der Waals surface area contributed by atoms with Gasteiger partial charge in [-0.3, -0.25) is 0 Å². The maximum atomic E-state index is 4.56. The Morgan fingerprint density at radius 2 is 2.05 bits per heavy atom. The van der Waals surface area contributed by atoms with Crippen LogP contribution >= 0.6 is 11.8 Å². The van der Waals surface area contributed by atoms with E-state index in [1.165, 1.54) is 21.6 Å². The van der Waals surface area contributed by atoms with Gasteiger partial charge in [-0.15, -0.1) is 0 Å². The average molecular weight is 286 g/mol. The van der Waals surface area contributed by atoms with Gasteiger partial charge in [0.2, 0.25) is 0 Å². The number of nitrogens with zero attached hydrogens (tertiary/aromatic N) is 1. The lowest BCUT2D eigenvalue weighted by atomic mass is 10.1. The van der Waals surface area contributed by atoms with Crippen molar-refractivity contribution < 1.29 is 0 Å². The van der Waals surface area contributed by atoms with Crippen molar-refractivity contribution in [1.82, 2.24) is 10.3 Å². The lowest BCUT2D eigenvalue weighted by Gasteiger charge is -2.16. The van der Waals surface area contributed by atoms with Crippen LogP contribution in [0.1, 0.15) is 36.6 Å². The fourth-order valence-electron chi connectivity index (χ4n) is 2.25. The molecule has 0 saturated carbocycles. The van der Waals surface area contributed by atoms with E-state index in [4.69, 9.17) is 0 Å². The summed E-state index contributed by atoms with van der Waals surface area (Å²) in [6, 6.07) is 11.1. The fourth-order valence-corrected chi connectivity index (χ4v) is 3.29. The molecule has 20 heavy (non-hydrogen) atoms. The molecule has 2 rings (SSSR count). The summed E-state index contributed by atoms with van der Waals surface area (Å²) in [4.78, 5) is 5.84. The Hall–Kier alpha value is -1.32. The van der Waals surface area contributed by atoms with Gasteiger partial charge in [-0.05, 0) is 45.0 Å². The average Bonchev–Trinajstić information content (AvgIpc) is 2.43. The van der Waals surface area contributed by atoms with E-state index >= 15 is 0 Å². The van der Waals surface area contributed by atoms with E-state index in [-0.39, 0.29) is 0 Å². The first-order valence-corrected chi connectivity index (χ1v) is 7.87. The van der Waals surface area contributed by atoms with Crippen molar-refractivity contribution in [3.63, 3.8) is 0 Å². The molecule has 1 atom stereocenters. The molecular weight excluding hydrogens is 264 g/mol. The van der Waals surface area contributed by atoms with Crippen molar-refractivity contribution in [2.45, 2.75) is 43.7 Å². The first-order valence-electron chi connectivity index (χ1n) is 7.05. The molecule has 2 aromatic rings. The van der Waals surface area contributed by atoms with Gasteiger partial charge in [-0.2, -0.15) is 0 Å². The van der Waals surface area contributed by atoms with Gasteiger partial charge in [0, 0.05) is 22.7 Å².